The zero-order valence-electron chi connectivity index (χ0n) is 24.5. The number of rotatable bonds is 9. The summed E-state index contributed by atoms with van der Waals surface area (Å²) in [6, 6.07) is 15.8. The van der Waals surface area contributed by atoms with E-state index in [1.165, 1.54) is 17.0 Å². The Kier molecular flexibility index (Phi) is 10.2. The molecule has 0 radical (unpaired) electrons. The lowest BCUT2D eigenvalue weighted by molar-refractivity contribution is -0.140. The summed E-state index contributed by atoms with van der Waals surface area (Å²) in [5.41, 5.74) is 3.23. The van der Waals surface area contributed by atoms with Gasteiger partial charge in [-0.25, -0.2) is 8.42 Å². The second-order valence-electron chi connectivity index (χ2n) is 11.3. The van der Waals surface area contributed by atoms with Crippen molar-refractivity contribution in [3.05, 3.63) is 93.0 Å². The van der Waals surface area contributed by atoms with E-state index >= 15 is 0 Å². The quantitative estimate of drug-likeness (QED) is 0.299. The Labute approximate surface area is 253 Å². The monoisotopic (exact) mass is 617 g/mol. The van der Waals surface area contributed by atoms with Crippen molar-refractivity contribution in [1.29, 1.82) is 0 Å². The SMILES string of the molecule is Cc1ccc(S(=O)(=O)N(CC(=O)N(Cc2ccc(Cl)c(Cl)c2)[C@@H](C)C(=O)NC(C)(C)C)c2ccc(C)c(C)c2)cc1. The highest BCUT2D eigenvalue weighted by atomic mass is 35.5. The van der Waals surface area contributed by atoms with E-state index < -0.39 is 34.1 Å². The first kappa shape index (κ1) is 32.4. The average Bonchev–Trinajstić information content (AvgIpc) is 2.88. The summed E-state index contributed by atoms with van der Waals surface area (Å²) in [5, 5.41) is 3.57. The van der Waals surface area contributed by atoms with E-state index in [2.05, 4.69) is 5.32 Å². The fourth-order valence-corrected chi connectivity index (χ4v) is 5.86. The molecule has 0 aromatic heterocycles. The van der Waals surface area contributed by atoms with Crippen LogP contribution in [0.25, 0.3) is 0 Å². The number of anilines is 1. The number of nitrogens with zero attached hydrogens (tertiary/aromatic N) is 2. The molecule has 1 atom stereocenters. The van der Waals surface area contributed by atoms with Gasteiger partial charge in [-0.05, 0) is 102 Å². The number of aryl methyl sites for hydroxylation is 3. The zero-order chi connectivity index (χ0) is 30.7. The van der Waals surface area contributed by atoms with E-state index in [-0.39, 0.29) is 17.3 Å². The van der Waals surface area contributed by atoms with Crippen LogP contribution in [0.2, 0.25) is 10.0 Å². The van der Waals surface area contributed by atoms with Crippen LogP contribution in [0.1, 0.15) is 49.9 Å². The van der Waals surface area contributed by atoms with Gasteiger partial charge in [-0.2, -0.15) is 0 Å². The maximum absolute atomic E-state index is 14.1. The van der Waals surface area contributed by atoms with Crippen molar-refractivity contribution in [3.63, 3.8) is 0 Å². The maximum atomic E-state index is 14.1. The number of amides is 2. The molecule has 0 aliphatic carbocycles. The minimum absolute atomic E-state index is 0.0137. The maximum Gasteiger partial charge on any atom is 0.264 e. The first-order valence-corrected chi connectivity index (χ1v) is 15.4. The summed E-state index contributed by atoms with van der Waals surface area (Å²) in [6.45, 7) is 12.3. The predicted molar refractivity (Wildman–Crippen MR) is 166 cm³/mol. The molecule has 0 bridgehead atoms. The van der Waals surface area contributed by atoms with Gasteiger partial charge in [0.2, 0.25) is 11.8 Å². The number of sulfonamides is 1. The summed E-state index contributed by atoms with van der Waals surface area (Å²) in [4.78, 5) is 28.7. The molecular formula is C31H37Cl2N3O4S. The van der Waals surface area contributed by atoms with Crippen LogP contribution in [-0.2, 0) is 26.2 Å². The van der Waals surface area contributed by atoms with E-state index in [0.29, 0.717) is 21.3 Å². The van der Waals surface area contributed by atoms with Gasteiger partial charge in [0.05, 0.1) is 20.6 Å². The third-order valence-corrected chi connectivity index (χ3v) is 9.20. The number of benzene rings is 3. The predicted octanol–water partition coefficient (Wildman–Crippen LogP) is 6.45. The number of carbonyl (C=O) groups is 2. The summed E-state index contributed by atoms with van der Waals surface area (Å²) in [5.74, 6) is -0.924. The summed E-state index contributed by atoms with van der Waals surface area (Å²) in [6.07, 6.45) is 0. The molecule has 0 aliphatic rings. The van der Waals surface area contributed by atoms with Crippen LogP contribution in [0.4, 0.5) is 5.69 Å². The van der Waals surface area contributed by atoms with Gasteiger partial charge < -0.3 is 10.2 Å². The van der Waals surface area contributed by atoms with Crippen molar-refractivity contribution < 1.29 is 18.0 Å². The smallest absolute Gasteiger partial charge is 0.264 e. The molecule has 3 aromatic carbocycles. The highest BCUT2D eigenvalue weighted by Crippen LogP contribution is 2.28. The van der Waals surface area contributed by atoms with Gasteiger partial charge in [-0.15, -0.1) is 0 Å². The summed E-state index contributed by atoms with van der Waals surface area (Å²) >= 11 is 12.3. The minimum Gasteiger partial charge on any atom is -0.350 e. The molecule has 1 N–H and O–H groups in total. The fraction of sp³-hybridized carbons (Fsp3) is 0.355. The molecule has 0 spiro atoms. The highest BCUT2D eigenvalue weighted by Gasteiger charge is 2.33. The molecule has 7 nitrogen and oxygen atoms in total. The molecule has 0 saturated heterocycles. The van der Waals surface area contributed by atoms with Crippen molar-refractivity contribution in [1.82, 2.24) is 10.2 Å². The Morgan fingerprint density at radius 1 is 0.878 bits per heavy atom. The molecule has 0 heterocycles. The lowest BCUT2D eigenvalue weighted by Crippen LogP contribution is -2.54. The van der Waals surface area contributed by atoms with Crippen LogP contribution in [0.3, 0.4) is 0 Å². The number of nitrogens with one attached hydrogen (secondary N) is 1. The zero-order valence-corrected chi connectivity index (χ0v) is 26.8. The summed E-state index contributed by atoms with van der Waals surface area (Å²) < 4.78 is 29.0. The van der Waals surface area contributed by atoms with Gasteiger partial charge >= 0.3 is 0 Å². The van der Waals surface area contributed by atoms with Gasteiger partial charge in [-0.3, -0.25) is 13.9 Å². The molecule has 0 aliphatic heterocycles. The second kappa shape index (κ2) is 12.8. The Morgan fingerprint density at radius 3 is 2.07 bits per heavy atom. The summed E-state index contributed by atoms with van der Waals surface area (Å²) in [7, 11) is -4.14. The van der Waals surface area contributed by atoms with Crippen molar-refractivity contribution in [2.45, 2.75) is 71.5 Å². The largest absolute Gasteiger partial charge is 0.350 e. The fourth-order valence-electron chi connectivity index (χ4n) is 4.14. The molecule has 0 unspecified atom stereocenters. The molecule has 2 amide bonds. The normalized spacial score (nSPS) is 12.5. The Hall–Kier alpha value is -3.07. The third kappa shape index (κ3) is 8.24. The van der Waals surface area contributed by atoms with Crippen LogP contribution >= 0.6 is 23.2 Å². The van der Waals surface area contributed by atoms with E-state index in [1.54, 1.807) is 49.4 Å². The minimum atomic E-state index is -4.14. The van der Waals surface area contributed by atoms with Gasteiger partial charge in [0, 0.05) is 12.1 Å². The topological polar surface area (TPSA) is 86.8 Å². The van der Waals surface area contributed by atoms with Crippen molar-refractivity contribution in [2.24, 2.45) is 0 Å². The Morgan fingerprint density at radius 2 is 1.51 bits per heavy atom. The van der Waals surface area contributed by atoms with Crippen molar-refractivity contribution >= 4 is 50.7 Å². The van der Waals surface area contributed by atoms with Crippen molar-refractivity contribution in [2.75, 3.05) is 10.8 Å². The standard InChI is InChI=1S/C31H37Cl2N3O4S/c1-20-8-13-26(14-9-20)41(39,40)36(25-12-10-21(2)22(3)16-25)19-29(37)35(23(4)30(38)34-31(5,6)7)18-24-11-15-27(32)28(33)17-24/h8-17,23H,18-19H2,1-7H3,(H,34,38)/t23-/m0/s1. The lowest BCUT2D eigenvalue weighted by atomic mass is 10.1. The number of carbonyl (C=O) groups excluding carboxylic acids is 2. The molecule has 3 aromatic rings. The van der Waals surface area contributed by atoms with Crippen LogP contribution in [0.15, 0.2) is 65.6 Å². The number of hydrogen-bond donors (Lipinski definition) is 1. The van der Waals surface area contributed by atoms with Gasteiger partial charge in [0.15, 0.2) is 0 Å². The third-order valence-electron chi connectivity index (χ3n) is 6.67. The van der Waals surface area contributed by atoms with Crippen LogP contribution in [0, 0.1) is 20.8 Å². The molecule has 3 rings (SSSR count). The molecule has 0 fully saturated rings. The van der Waals surface area contributed by atoms with E-state index in [0.717, 1.165) is 21.0 Å². The van der Waals surface area contributed by atoms with Crippen molar-refractivity contribution in [3.8, 4) is 0 Å². The Bertz CT molecular complexity index is 1530. The number of halogens is 2. The molecular weight excluding hydrogens is 581 g/mol. The van der Waals surface area contributed by atoms with Gasteiger partial charge in [0.25, 0.3) is 10.0 Å². The number of hydrogen-bond acceptors (Lipinski definition) is 4. The Balaban J connectivity index is 2.08. The van der Waals surface area contributed by atoms with E-state index in [9.17, 15) is 18.0 Å². The lowest BCUT2D eigenvalue weighted by Gasteiger charge is -2.33. The van der Waals surface area contributed by atoms with Crippen LogP contribution in [-0.4, -0.2) is 43.3 Å². The van der Waals surface area contributed by atoms with Crippen LogP contribution < -0.4 is 9.62 Å². The average molecular weight is 619 g/mol. The van der Waals surface area contributed by atoms with Crippen LogP contribution in [0.5, 0.6) is 0 Å². The molecule has 10 heteroatoms. The van der Waals surface area contributed by atoms with Gasteiger partial charge in [-0.1, -0.05) is 53.0 Å². The van der Waals surface area contributed by atoms with E-state index in [4.69, 9.17) is 23.2 Å². The molecule has 0 saturated carbocycles. The highest BCUT2D eigenvalue weighted by molar-refractivity contribution is 7.92. The molecule has 220 valence electrons. The first-order valence-electron chi connectivity index (χ1n) is 13.2. The van der Waals surface area contributed by atoms with Gasteiger partial charge in [0.1, 0.15) is 12.6 Å². The second-order valence-corrected chi connectivity index (χ2v) is 14.0. The molecule has 41 heavy (non-hydrogen) atoms. The first-order chi connectivity index (χ1) is 19.0. The van der Waals surface area contributed by atoms with E-state index in [1.807, 2.05) is 47.6 Å².